The number of aromatic amines is 1. The Labute approximate surface area is 182 Å². The average Bonchev–Trinajstić information content (AvgIpc) is 2.79. The van der Waals surface area contributed by atoms with Crippen LogP contribution in [-0.2, 0) is 17.5 Å². The van der Waals surface area contributed by atoms with E-state index in [0.717, 1.165) is 36.5 Å². The van der Waals surface area contributed by atoms with Crippen molar-refractivity contribution < 1.29 is 22.7 Å². The van der Waals surface area contributed by atoms with Gasteiger partial charge in [0.15, 0.2) is 0 Å². The summed E-state index contributed by atoms with van der Waals surface area (Å²) in [5, 5.41) is 0.420. The molecule has 2 aromatic carbocycles. The van der Waals surface area contributed by atoms with Gasteiger partial charge in [-0.2, -0.15) is 13.2 Å². The van der Waals surface area contributed by atoms with E-state index in [-0.39, 0.29) is 11.0 Å². The third kappa shape index (κ3) is 4.47. The predicted molar refractivity (Wildman–Crippen MR) is 115 cm³/mol. The molecule has 0 spiro atoms. The number of nitrogens with one attached hydrogen (secondary N) is 1. The van der Waals surface area contributed by atoms with Crippen LogP contribution in [0, 0.1) is 0 Å². The number of halogens is 3. The quantitative estimate of drug-likeness (QED) is 0.621. The van der Waals surface area contributed by atoms with Gasteiger partial charge in [-0.15, -0.1) is 0 Å². The molecule has 0 aliphatic carbocycles. The summed E-state index contributed by atoms with van der Waals surface area (Å²) in [7, 11) is 1.23. The molecule has 2 heterocycles. The van der Waals surface area contributed by atoms with Gasteiger partial charge in [0, 0.05) is 55.5 Å². The lowest BCUT2D eigenvalue weighted by Gasteiger charge is -2.36. The Morgan fingerprint density at radius 3 is 2.38 bits per heavy atom. The summed E-state index contributed by atoms with van der Waals surface area (Å²) >= 11 is 0. The lowest BCUT2D eigenvalue weighted by Crippen LogP contribution is -2.46. The molecule has 3 aromatic rings. The predicted octanol–water partition coefficient (Wildman–Crippen LogP) is 3.66. The molecule has 0 unspecified atom stereocenters. The van der Waals surface area contributed by atoms with Crippen LogP contribution in [0.15, 0.2) is 53.5 Å². The summed E-state index contributed by atoms with van der Waals surface area (Å²) in [6, 6.07) is 10.7. The molecule has 1 aliphatic rings. The first-order valence-electron chi connectivity index (χ1n) is 10.1. The Balaban J connectivity index is 1.40. The van der Waals surface area contributed by atoms with Crippen LogP contribution in [0.3, 0.4) is 0 Å². The number of piperazine rings is 1. The van der Waals surface area contributed by atoms with Crippen LogP contribution in [0.4, 0.5) is 18.9 Å². The summed E-state index contributed by atoms with van der Waals surface area (Å²) in [6.07, 6.45) is -2.97. The first-order chi connectivity index (χ1) is 15.3. The van der Waals surface area contributed by atoms with Crippen LogP contribution in [-0.4, -0.2) is 49.1 Å². The van der Waals surface area contributed by atoms with Gasteiger partial charge in [0.2, 0.25) is 5.43 Å². The molecule has 1 aliphatic heterocycles. The highest BCUT2D eigenvalue weighted by Gasteiger charge is 2.30. The molecular formula is C23H22F3N3O3. The minimum atomic E-state index is -4.33. The summed E-state index contributed by atoms with van der Waals surface area (Å²) in [4.78, 5) is 31.5. The van der Waals surface area contributed by atoms with Crippen molar-refractivity contribution >= 4 is 22.6 Å². The van der Waals surface area contributed by atoms with Crippen LogP contribution in [0.2, 0.25) is 0 Å². The lowest BCUT2D eigenvalue weighted by atomic mass is 10.1. The Morgan fingerprint density at radius 1 is 1.06 bits per heavy atom. The molecule has 1 aromatic heterocycles. The zero-order chi connectivity index (χ0) is 22.9. The number of fused-ring (bicyclic) bond motifs is 1. The van der Waals surface area contributed by atoms with Crippen molar-refractivity contribution in [1.82, 2.24) is 9.88 Å². The number of hydrogen-bond acceptors (Lipinski definition) is 5. The number of hydrogen-bond donors (Lipinski definition) is 1. The number of anilines is 1. The van der Waals surface area contributed by atoms with E-state index < -0.39 is 17.7 Å². The topological polar surface area (TPSA) is 65.6 Å². The molecule has 1 saturated heterocycles. The van der Waals surface area contributed by atoms with Gasteiger partial charge in [-0.05, 0) is 42.0 Å². The fourth-order valence-corrected chi connectivity index (χ4v) is 3.91. The van der Waals surface area contributed by atoms with Crippen LogP contribution in [0.1, 0.15) is 21.5 Å². The molecule has 0 radical (unpaired) electrons. The van der Waals surface area contributed by atoms with Gasteiger partial charge in [0.05, 0.1) is 12.7 Å². The van der Waals surface area contributed by atoms with Crippen molar-refractivity contribution in [2.45, 2.75) is 12.7 Å². The highest BCUT2D eigenvalue weighted by atomic mass is 19.4. The van der Waals surface area contributed by atoms with Crippen molar-refractivity contribution in [2.24, 2.45) is 0 Å². The summed E-state index contributed by atoms with van der Waals surface area (Å²) in [5.41, 5.74) is 1.38. The normalized spacial score (nSPS) is 15.2. The van der Waals surface area contributed by atoms with Crippen LogP contribution >= 0.6 is 0 Å². The van der Waals surface area contributed by atoms with Gasteiger partial charge in [-0.1, -0.05) is 6.07 Å². The molecule has 1 N–H and O–H groups in total. The number of benzene rings is 2. The molecular weight excluding hydrogens is 423 g/mol. The number of alkyl halides is 3. The van der Waals surface area contributed by atoms with Crippen molar-refractivity contribution in [3.63, 3.8) is 0 Å². The maximum absolute atomic E-state index is 12.8. The number of H-pyrrole nitrogens is 1. The van der Waals surface area contributed by atoms with E-state index in [9.17, 15) is 22.8 Å². The number of esters is 1. The average molecular weight is 445 g/mol. The summed E-state index contributed by atoms with van der Waals surface area (Å²) < 4.78 is 42.9. The standard InChI is InChI=1S/C23H22F3N3O3/c1-32-22(31)19-13-27-20-12-15(2-7-18(20)21(19)30)14-28-8-10-29(11-9-28)17-5-3-16(4-6-17)23(24,25)26/h2-7,12-13H,8-11,14H2,1H3,(H,27,30). The summed E-state index contributed by atoms with van der Waals surface area (Å²) in [6.45, 7) is 3.61. The molecule has 4 rings (SSSR count). The number of ether oxygens (including phenoxy) is 1. The van der Waals surface area contributed by atoms with E-state index in [2.05, 4.69) is 19.5 Å². The molecule has 0 bridgehead atoms. The number of carbonyl (C=O) groups is 1. The smallest absolute Gasteiger partial charge is 0.416 e. The largest absolute Gasteiger partial charge is 0.465 e. The fraction of sp³-hybridized carbons (Fsp3) is 0.304. The van der Waals surface area contributed by atoms with E-state index >= 15 is 0 Å². The minimum Gasteiger partial charge on any atom is -0.465 e. The van der Waals surface area contributed by atoms with E-state index in [0.29, 0.717) is 30.5 Å². The van der Waals surface area contributed by atoms with Gasteiger partial charge in [0.1, 0.15) is 5.56 Å². The Bertz CT molecular complexity index is 1180. The number of carbonyl (C=O) groups excluding carboxylic acids is 1. The summed E-state index contributed by atoms with van der Waals surface area (Å²) in [5.74, 6) is -0.678. The number of nitrogens with zero attached hydrogens (tertiary/aromatic N) is 2. The third-order valence-corrected chi connectivity index (χ3v) is 5.69. The zero-order valence-corrected chi connectivity index (χ0v) is 17.4. The first-order valence-corrected chi connectivity index (χ1v) is 10.1. The van der Waals surface area contributed by atoms with Gasteiger partial charge in [-0.25, -0.2) is 4.79 Å². The van der Waals surface area contributed by atoms with Gasteiger partial charge < -0.3 is 14.6 Å². The van der Waals surface area contributed by atoms with Gasteiger partial charge >= 0.3 is 12.1 Å². The molecule has 32 heavy (non-hydrogen) atoms. The van der Waals surface area contributed by atoms with E-state index in [1.165, 1.54) is 25.4 Å². The number of pyridine rings is 1. The van der Waals surface area contributed by atoms with Crippen LogP contribution < -0.4 is 10.3 Å². The molecule has 1 fully saturated rings. The number of rotatable bonds is 4. The zero-order valence-electron chi connectivity index (χ0n) is 17.4. The third-order valence-electron chi connectivity index (χ3n) is 5.69. The number of aromatic nitrogens is 1. The van der Waals surface area contributed by atoms with E-state index in [1.54, 1.807) is 6.07 Å². The molecule has 0 atom stereocenters. The molecule has 0 amide bonds. The minimum absolute atomic E-state index is 0.0351. The van der Waals surface area contributed by atoms with E-state index in [1.807, 2.05) is 12.1 Å². The second kappa shape index (κ2) is 8.66. The maximum atomic E-state index is 12.8. The SMILES string of the molecule is COC(=O)c1c[nH]c2cc(CN3CCN(c4ccc(C(F)(F)F)cc4)CC3)ccc2c1=O. The molecule has 9 heteroatoms. The second-order valence-electron chi connectivity index (χ2n) is 7.71. The molecule has 168 valence electrons. The van der Waals surface area contributed by atoms with Gasteiger partial charge in [0.25, 0.3) is 0 Å². The van der Waals surface area contributed by atoms with Crippen molar-refractivity contribution in [3.05, 3.63) is 75.6 Å². The van der Waals surface area contributed by atoms with Crippen molar-refractivity contribution in [1.29, 1.82) is 0 Å². The highest BCUT2D eigenvalue weighted by Crippen LogP contribution is 2.30. The Morgan fingerprint density at radius 2 is 1.75 bits per heavy atom. The number of methoxy groups -OCH3 is 1. The fourth-order valence-electron chi connectivity index (χ4n) is 3.91. The monoisotopic (exact) mass is 445 g/mol. The van der Waals surface area contributed by atoms with E-state index in [4.69, 9.17) is 0 Å². The molecule has 0 saturated carbocycles. The van der Waals surface area contributed by atoms with Crippen LogP contribution in [0.5, 0.6) is 0 Å². The highest BCUT2D eigenvalue weighted by molar-refractivity contribution is 5.93. The van der Waals surface area contributed by atoms with Crippen molar-refractivity contribution in [3.8, 4) is 0 Å². The van der Waals surface area contributed by atoms with Crippen LogP contribution in [0.25, 0.3) is 10.9 Å². The maximum Gasteiger partial charge on any atom is 0.416 e. The second-order valence-corrected chi connectivity index (χ2v) is 7.71. The van der Waals surface area contributed by atoms with Crippen molar-refractivity contribution in [2.75, 3.05) is 38.2 Å². The Hall–Kier alpha value is -3.33. The molecule has 6 nitrogen and oxygen atoms in total. The van der Waals surface area contributed by atoms with Gasteiger partial charge in [-0.3, -0.25) is 9.69 Å². The lowest BCUT2D eigenvalue weighted by molar-refractivity contribution is -0.137. The Kier molecular flexibility index (Phi) is 5.92. The first kappa shape index (κ1) is 21.9.